The number of amides is 1. The van der Waals surface area contributed by atoms with Gasteiger partial charge in [0, 0.05) is 11.6 Å². The van der Waals surface area contributed by atoms with Crippen molar-refractivity contribution in [2.24, 2.45) is 0 Å². The molecule has 0 bridgehead atoms. The van der Waals surface area contributed by atoms with Gasteiger partial charge in [-0.2, -0.15) is 0 Å². The van der Waals surface area contributed by atoms with Crippen LogP contribution in [0.2, 0.25) is 0 Å². The summed E-state index contributed by atoms with van der Waals surface area (Å²) in [6.45, 7) is 1.20. The molecule has 1 aliphatic heterocycles. The third-order valence-corrected chi connectivity index (χ3v) is 7.19. The van der Waals surface area contributed by atoms with Gasteiger partial charge in [0.05, 0.1) is 46.4 Å². The largest absolute Gasteiger partial charge is 0.482 e. The highest BCUT2D eigenvalue weighted by molar-refractivity contribution is 7.19. The summed E-state index contributed by atoms with van der Waals surface area (Å²) < 4.78 is 13.2. The number of nitrogen functional groups attached to an aromatic ring is 1. The van der Waals surface area contributed by atoms with Crippen molar-refractivity contribution in [3.8, 4) is 17.1 Å². The number of imidazole rings is 1. The van der Waals surface area contributed by atoms with Crippen LogP contribution in [0.4, 0.5) is 21.5 Å². The Balaban J connectivity index is 1.17. The molecule has 1 fully saturated rings. The molecule has 1 saturated heterocycles. The van der Waals surface area contributed by atoms with Crippen LogP contribution in [-0.4, -0.2) is 39.6 Å². The first-order valence-electron chi connectivity index (χ1n) is 10.8. The molecule has 0 spiro atoms. The number of carbonyl (C=O) groups is 1. The predicted octanol–water partition coefficient (Wildman–Crippen LogP) is 4.88. The molecule has 0 atom stereocenters. The van der Waals surface area contributed by atoms with Crippen LogP contribution in [0.3, 0.4) is 0 Å². The van der Waals surface area contributed by atoms with Crippen LogP contribution in [0.5, 0.6) is 5.75 Å². The van der Waals surface area contributed by atoms with Crippen molar-refractivity contribution >= 4 is 55.7 Å². The second-order valence-electron chi connectivity index (χ2n) is 7.85. The van der Waals surface area contributed by atoms with Crippen molar-refractivity contribution in [3.05, 3.63) is 71.2 Å². The van der Waals surface area contributed by atoms with Gasteiger partial charge in [-0.05, 0) is 36.4 Å². The summed E-state index contributed by atoms with van der Waals surface area (Å²) in [5.74, 6) is 0.514. The first-order chi connectivity index (χ1) is 17.1. The maximum absolute atomic E-state index is 12.6. The van der Waals surface area contributed by atoms with Crippen LogP contribution >= 0.6 is 22.7 Å². The summed E-state index contributed by atoms with van der Waals surface area (Å²) in [6.07, 6.45) is 3.80. The summed E-state index contributed by atoms with van der Waals surface area (Å²) >= 11 is 2.82. The van der Waals surface area contributed by atoms with E-state index in [0.717, 1.165) is 32.9 Å². The van der Waals surface area contributed by atoms with Crippen LogP contribution in [0.1, 0.15) is 9.67 Å². The molecule has 0 aliphatic carbocycles. The second kappa shape index (κ2) is 9.02. The van der Waals surface area contributed by atoms with E-state index >= 15 is 0 Å². The van der Waals surface area contributed by atoms with Crippen molar-refractivity contribution in [2.45, 2.75) is 6.10 Å². The van der Waals surface area contributed by atoms with Gasteiger partial charge in [-0.25, -0.2) is 9.97 Å². The fourth-order valence-corrected chi connectivity index (χ4v) is 5.19. The van der Waals surface area contributed by atoms with Crippen LogP contribution < -0.4 is 21.1 Å². The van der Waals surface area contributed by atoms with Crippen molar-refractivity contribution in [1.29, 1.82) is 0 Å². The quantitative estimate of drug-likeness (QED) is 0.271. The number of benzene rings is 1. The minimum absolute atomic E-state index is 0.0687. The number of nitrogens with two attached hydrogens (primary N) is 1. The van der Waals surface area contributed by atoms with Crippen LogP contribution in [-0.2, 0) is 4.74 Å². The average Bonchev–Trinajstić information content (AvgIpc) is 3.58. The normalized spacial score (nSPS) is 13.5. The maximum Gasteiger partial charge on any atom is 0.265 e. The molecule has 11 heteroatoms. The molecule has 6 rings (SSSR count). The number of thiophene rings is 1. The molecule has 4 N–H and O–H groups in total. The number of hydrogen-bond donors (Lipinski definition) is 3. The van der Waals surface area contributed by atoms with E-state index in [1.54, 1.807) is 24.4 Å². The Labute approximate surface area is 208 Å². The van der Waals surface area contributed by atoms with Crippen LogP contribution in [0, 0.1) is 0 Å². The number of hydrogen-bond acceptors (Lipinski definition) is 9. The zero-order chi connectivity index (χ0) is 23.8. The number of nitrogens with one attached hydrogen (secondary N) is 2. The van der Waals surface area contributed by atoms with Gasteiger partial charge in [0.15, 0.2) is 16.5 Å². The van der Waals surface area contributed by atoms with Crippen molar-refractivity contribution in [3.63, 3.8) is 0 Å². The van der Waals surface area contributed by atoms with Crippen LogP contribution in [0.25, 0.3) is 17.0 Å². The molecule has 5 aromatic rings. The van der Waals surface area contributed by atoms with E-state index in [0.29, 0.717) is 29.5 Å². The first kappa shape index (κ1) is 21.6. The number of para-hydroxylation sites is 2. The molecule has 4 aromatic heterocycles. The minimum atomic E-state index is -0.210. The molecule has 1 aliphatic rings. The molecule has 9 nitrogen and oxygen atoms in total. The Morgan fingerprint density at radius 2 is 2.06 bits per heavy atom. The van der Waals surface area contributed by atoms with Gasteiger partial charge in [0.1, 0.15) is 11.8 Å². The lowest BCUT2D eigenvalue weighted by Gasteiger charge is -2.26. The van der Waals surface area contributed by atoms with E-state index in [1.165, 1.54) is 22.7 Å². The molecule has 35 heavy (non-hydrogen) atoms. The highest BCUT2D eigenvalue weighted by Gasteiger charge is 2.22. The van der Waals surface area contributed by atoms with E-state index in [9.17, 15) is 4.79 Å². The Morgan fingerprint density at radius 3 is 2.89 bits per heavy atom. The summed E-state index contributed by atoms with van der Waals surface area (Å²) in [4.78, 5) is 22.5. The van der Waals surface area contributed by atoms with Crippen molar-refractivity contribution in [2.75, 3.05) is 29.6 Å². The third-order valence-electron chi connectivity index (χ3n) is 5.44. The van der Waals surface area contributed by atoms with E-state index in [4.69, 9.17) is 20.2 Å². The Bertz CT molecular complexity index is 1520. The number of rotatable bonds is 7. The molecule has 1 amide bonds. The van der Waals surface area contributed by atoms with Gasteiger partial charge in [-0.15, -0.1) is 22.7 Å². The lowest BCUT2D eigenvalue weighted by Crippen LogP contribution is -2.38. The third kappa shape index (κ3) is 4.32. The molecule has 1 aromatic carbocycles. The van der Waals surface area contributed by atoms with Gasteiger partial charge in [0.2, 0.25) is 0 Å². The van der Waals surface area contributed by atoms with Crippen molar-refractivity contribution < 1.29 is 14.3 Å². The topological polar surface area (TPSA) is 116 Å². The Morgan fingerprint density at radius 1 is 1.17 bits per heavy atom. The number of nitrogens with zero attached hydrogens (tertiary/aromatic N) is 3. The molecule has 176 valence electrons. The van der Waals surface area contributed by atoms with E-state index in [-0.39, 0.29) is 12.0 Å². The molecular weight excluding hydrogens is 484 g/mol. The highest BCUT2D eigenvalue weighted by atomic mass is 32.1. The van der Waals surface area contributed by atoms with Crippen LogP contribution in [0.15, 0.2) is 66.3 Å². The summed E-state index contributed by atoms with van der Waals surface area (Å²) in [7, 11) is 0. The van der Waals surface area contributed by atoms with E-state index in [2.05, 4.69) is 15.6 Å². The lowest BCUT2D eigenvalue weighted by atomic mass is 10.2. The summed E-state index contributed by atoms with van der Waals surface area (Å²) in [5.41, 5.74) is 9.44. The zero-order valence-electron chi connectivity index (χ0n) is 18.3. The summed E-state index contributed by atoms with van der Waals surface area (Å²) in [5, 5.41) is 9.64. The van der Waals surface area contributed by atoms with Gasteiger partial charge >= 0.3 is 0 Å². The molecule has 5 heterocycles. The second-order valence-corrected chi connectivity index (χ2v) is 9.80. The number of anilines is 4. The average molecular weight is 505 g/mol. The number of aromatic nitrogens is 3. The summed E-state index contributed by atoms with van der Waals surface area (Å²) in [6, 6.07) is 14.6. The van der Waals surface area contributed by atoms with Crippen molar-refractivity contribution in [1.82, 2.24) is 14.4 Å². The predicted molar refractivity (Wildman–Crippen MR) is 138 cm³/mol. The fraction of sp³-hybridized carbons (Fsp3) is 0.125. The van der Waals surface area contributed by atoms with Gasteiger partial charge < -0.3 is 25.8 Å². The van der Waals surface area contributed by atoms with Gasteiger partial charge in [-0.3, -0.25) is 9.20 Å². The van der Waals surface area contributed by atoms with E-state index < -0.39 is 0 Å². The molecule has 0 radical (unpaired) electrons. The maximum atomic E-state index is 12.6. The van der Waals surface area contributed by atoms with Gasteiger partial charge in [0.25, 0.3) is 5.91 Å². The number of pyridine rings is 1. The molecule has 0 unspecified atom stereocenters. The number of ether oxygens (including phenoxy) is 2. The Hall–Kier alpha value is -3.93. The van der Waals surface area contributed by atoms with E-state index in [1.807, 2.05) is 46.3 Å². The molecular formula is C24H20N6O3S2. The minimum Gasteiger partial charge on any atom is -0.482 e. The SMILES string of the molecule is Nc1ccccc1NC(=O)c1ccc(Nc2nc(-c3cnc4c(OC5COC5)cccn34)cs2)s1. The zero-order valence-corrected chi connectivity index (χ0v) is 19.9. The first-order valence-corrected chi connectivity index (χ1v) is 12.5. The Kier molecular flexibility index (Phi) is 5.57. The smallest absolute Gasteiger partial charge is 0.265 e. The van der Waals surface area contributed by atoms with Gasteiger partial charge in [-0.1, -0.05) is 12.1 Å². The number of fused-ring (bicyclic) bond motifs is 1. The number of carbonyl (C=O) groups excluding carboxylic acids is 1. The standard InChI is InChI=1S/C24H20N6O3S2/c25-15-4-1-2-5-16(15)27-23(31)20-7-8-21(35-20)29-24-28-17(13-34-24)18-10-26-22-19(6-3-9-30(18)22)33-14-11-32-12-14/h1-10,13-14H,11-12,25H2,(H,27,31)(H,28,29). The highest BCUT2D eigenvalue weighted by Crippen LogP contribution is 2.32. The molecule has 0 saturated carbocycles. The lowest BCUT2D eigenvalue weighted by molar-refractivity contribution is -0.0792. The monoisotopic (exact) mass is 504 g/mol. The number of thiazole rings is 1. The fourth-order valence-electron chi connectivity index (χ4n) is 3.60.